The molecule has 0 atom stereocenters. The Kier molecular flexibility index (Phi) is 4.41. The van der Waals surface area contributed by atoms with Gasteiger partial charge >= 0.3 is 0 Å². The molecule has 4 aromatic carbocycles. The Morgan fingerprint density at radius 3 is 1.95 bits per heavy atom. The second-order valence-electron chi connectivity index (χ2n) is 12.4. The molecule has 0 saturated carbocycles. The molecule has 0 aromatic heterocycles. The lowest BCUT2D eigenvalue weighted by atomic mass is 9.63. The fraction of sp³-hybridized carbons (Fsp3) is 0.333. The van der Waals surface area contributed by atoms with Gasteiger partial charge in [-0.15, -0.1) is 0 Å². The Hall–Kier alpha value is -2.74. The predicted molar refractivity (Wildman–Crippen MR) is 171 cm³/mol. The maximum atomic E-state index is 9.78. The second kappa shape index (κ2) is 10.0. The van der Waals surface area contributed by atoms with Crippen LogP contribution in [0.1, 0.15) is 93.1 Å². The van der Waals surface area contributed by atoms with E-state index < -0.39 is 52.5 Å². The van der Waals surface area contributed by atoms with Crippen molar-refractivity contribution in [3.8, 4) is 11.1 Å². The highest BCUT2D eigenvalue weighted by molar-refractivity contribution is 6.35. The molecule has 0 N–H and O–H groups in total. The lowest BCUT2D eigenvalue weighted by Gasteiger charge is -2.42. The van der Waals surface area contributed by atoms with Gasteiger partial charge in [0.05, 0.1) is 20.8 Å². The largest absolute Gasteiger partial charge is 0.310 e. The number of rotatable bonds is 4. The Balaban J connectivity index is 2.13. The van der Waals surface area contributed by atoms with Crippen molar-refractivity contribution in [1.82, 2.24) is 0 Å². The zero-order chi connectivity index (χ0) is 37.7. The molecule has 39 heavy (non-hydrogen) atoms. The zero-order valence-electron chi connectivity index (χ0n) is 34.3. The summed E-state index contributed by atoms with van der Waals surface area (Å²) in [5.74, 6) is 0. The summed E-state index contributed by atoms with van der Waals surface area (Å²) in [5, 5.41) is 0.306. The summed E-state index contributed by atoms with van der Waals surface area (Å²) < 4.78 is 100. The molecule has 3 heteroatoms. The monoisotopic (exact) mass is 566 g/mol. The van der Waals surface area contributed by atoms with E-state index >= 15 is 0 Å². The van der Waals surface area contributed by atoms with Crippen molar-refractivity contribution in [3.63, 3.8) is 0 Å². The molecular formula is C36H39Cl2N. The van der Waals surface area contributed by atoms with Crippen LogP contribution in [0.5, 0.6) is 0 Å². The van der Waals surface area contributed by atoms with Gasteiger partial charge in [0.2, 0.25) is 0 Å². The third-order valence-corrected chi connectivity index (χ3v) is 7.81. The highest BCUT2D eigenvalue weighted by Gasteiger charge is 2.37. The van der Waals surface area contributed by atoms with Gasteiger partial charge in [-0.3, -0.25) is 0 Å². The van der Waals surface area contributed by atoms with E-state index in [2.05, 4.69) is 0 Å². The molecule has 0 saturated heterocycles. The van der Waals surface area contributed by atoms with Gasteiger partial charge in [0.1, 0.15) is 0 Å². The number of hydrogen-bond acceptors (Lipinski definition) is 1. The molecule has 0 unspecified atom stereocenters. The number of fused-ring (bicyclic) bond motifs is 1. The fourth-order valence-corrected chi connectivity index (χ4v) is 5.45. The number of anilines is 3. The molecule has 5 rings (SSSR count). The van der Waals surface area contributed by atoms with Crippen molar-refractivity contribution >= 4 is 40.3 Å². The second-order valence-corrected chi connectivity index (χ2v) is 13.3. The number of halogens is 2. The van der Waals surface area contributed by atoms with Crippen LogP contribution in [0.25, 0.3) is 11.1 Å². The predicted octanol–water partition coefficient (Wildman–Crippen LogP) is 11.8. The van der Waals surface area contributed by atoms with Gasteiger partial charge in [0, 0.05) is 27.0 Å². The van der Waals surface area contributed by atoms with Crippen LogP contribution in [0.3, 0.4) is 0 Å². The Bertz CT molecular complexity index is 2050. The summed E-state index contributed by atoms with van der Waals surface area (Å²) in [4.78, 5) is 1.29. The summed E-state index contributed by atoms with van der Waals surface area (Å²) in [6.45, 7) is 13.2. The van der Waals surface area contributed by atoms with Crippen LogP contribution in [-0.4, -0.2) is 0 Å². The zero-order valence-corrected chi connectivity index (χ0v) is 24.9. The minimum absolute atomic E-state index is 0.101. The molecule has 1 nitrogen and oxygen atoms in total. The number of benzene rings is 4. The van der Waals surface area contributed by atoms with Gasteiger partial charge in [0.15, 0.2) is 0 Å². The molecule has 0 aliphatic heterocycles. The highest BCUT2D eigenvalue weighted by atomic mass is 35.5. The Morgan fingerprint density at radius 2 is 1.33 bits per heavy atom. The lowest BCUT2D eigenvalue weighted by molar-refractivity contribution is 0.332. The van der Waals surface area contributed by atoms with Crippen LogP contribution in [0.15, 0.2) is 84.7 Å². The smallest absolute Gasteiger partial charge is 0.0648 e. The Morgan fingerprint density at radius 1 is 0.718 bits per heavy atom. The molecule has 0 spiro atoms. The van der Waals surface area contributed by atoms with E-state index in [1.807, 2.05) is 27.7 Å². The summed E-state index contributed by atoms with van der Waals surface area (Å²) in [5.41, 5.74) is -1.76. The number of nitrogens with zero attached hydrogens (tertiary/aromatic N) is 1. The minimum Gasteiger partial charge on any atom is -0.310 e. The third-order valence-electron chi connectivity index (χ3n) is 7.37. The molecule has 1 aliphatic carbocycles. The molecule has 0 heterocycles. The first kappa shape index (κ1) is 17.2. The van der Waals surface area contributed by atoms with Crippen LogP contribution >= 0.6 is 23.2 Å². The molecule has 202 valence electrons. The first-order valence-corrected chi connectivity index (χ1v) is 13.7. The van der Waals surface area contributed by atoms with E-state index in [4.69, 9.17) is 30.1 Å². The van der Waals surface area contributed by atoms with Gasteiger partial charge in [-0.2, -0.15) is 0 Å². The van der Waals surface area contributed by atoms with E-state index in [-0.39, 0.29) is 74.0 Å². The van der Waals surface area contributed by atoms with Crippen molar-refractivity contribution in [2.75, 3.05) is 4.90 Å². The average molecular weight is 568 g/mol. The summed E-state index contributed by atoms with van der Waals surface area (Å²) in [7, 11) is 0. The topological polar surface area (TPSA) is 3.24 Å². The maximum absolute atomic E-state index is 9.78. The van der Waals surface area contributed by atoms with Crippen LogP contribution in [0, 0.1) is 0 Å². The summed E-state index contributed by atoms with van der Waals surface area (Å²) in [6, 6.07) is -0.578. The van der Waals surface area contributed by atoms with E-state index in [1.54, 1.807) is 20.8 Å². The van der Waals surface area contributed by atoms with Gasteiger partial charge < -0.3 is 4.90 Å². The summed E-state index contributed by atoms with van der Waals surface area (Å²) >= 11 is 13.1. The molecular weight excluding hydrogens is 517 g/mol. The normalized spacial score (nSPS) is 20.0. The first-order valence-electron chi connectivity index (χ1n) is 18.5. The lowest BCUT2D eigenvalue weighted by Crippen LogP contribution is -2.34. The maximum Gasteiger partial charge on any atom is 0.0648 e. The SMILES string of the molecule is [2H]c1c([2H])c([2H])c(-c2c([2H])c(C(C)(C)C)c([2H])c([2H])c2N(c2cc(Cl)cc(Cl)c2)c2c([2H])c([2H])c3c(c2[2H])C(C)(C)CCC3(C)C)c([2H])c1[2H]. The van der Waals surface area contributed by atoms with Crippen LogP contribution in [0.4, 0.5) is 17.1 Å². The van der Waals surface area contributed by atoms with Crippen molar-refractivity contribution in [1.29, 1.82) is 0 Å². The fourth-order valence-electron chi connectivity index (χ4n) is 4.93. The van der Waals surface area contributed by atoms with Crippen molar-refractivity contribution in [2.24, 2.45) is 0 Å². The standard InChI is InChI=1S/C36H39Cl2N/c1-34(2,3)25-13-16-33(30(19-25)24-11-9-8-10-12-24)39(29-21-26(37)20-27(38)22-29)28-14-15-31-32(23-28)36(6,7)18-17-35(31,4)5/h8-16,19-23H,17-18H2,1-7H3/i8D,9D,10D,11D,12D,13D,14D,15D,16D,19D,23D. The van der Waals surface area contributed by atoms with E-state index in [1.165, 1.54) is 23.1 Å². The van der Waals surface area contributed by atoms with Gasteiger partial charge in [-0.25, -0.2) is 0 Å². The molecule has 0 bridgehead atoms. The average Bonchev–Trinajstić information content (AvgIpc) is 2.99. The van der Waals surface area contributed by atoms with Gasteiger partial charge in [-0.05, 0) is 93.7 Å². The summed E-state index contributed by atoms with van der Waals surface area (Å²) in [6.07, 6.45) is 1.41. The van der Waals surface area contributed by atoms with E-state index in [0.29, 0.717) is 17.5 Å². The molecule has 1 aliphatic rings. The number of hydrogen-bond donors (Lipinski definition) is 0. The molecule has 0 radical (unpaired) electrons. The van der Waals surface area contributed by atoms with Crippen molar-refractivity contribution in [3.05, 3.63) is 111 Å². The van der Waals surface area contributed by atoms with Crippen molar-refractivity contribution < 1.29 is 15.1 Å². The molecule has 0 amide bonds. The van der Waals surface area contributed by atoms with Crippen LogP contribution in [-0.2, 0) is 16.2 Å². The van der Waals surface area contributed by atoms with Crippen LogP contribution < -0.4 is 4.90 Å². The highest BCUT2D eigenvalue weighted by Crippen LogP contribution is 2.49. The van der Waals surface area contributed by atoms with E-state index in [9.17, 15) is 8.22 Å². The van der Waals surface area contributed by atoms with Crippen molar-refractivity contribution in [2.45, 2.75) is 77.6 Å². The quantitative estimate of drug-likeness (QED) is 0.237. The molecule has 0 fully saturated rings. The third kappa shape index (κ3) is 5.49. The van der Waals surface area contributed by atoms with Gasteiger partial charge in [0.25, 0.3) is 0 Å². The first-order chi connectivity index (χ1) is 22.9. The van der Waals surface area contributed by atoms with Crippen LogP contribution in [0.2, 0.25) is 10.0 Å². The van der Waals surface area contributed by atoms with Gasteiger partial charge in [-0.1, -0.05) is 114 Å². The van der Waals surface area contributed by atoms with E-state index in [0.717, 1.165) is 6.42 Å². The Labute approximate surface area is 260 Å². The molecule has 4 aromatic rings. The minimum atomic E-state index is -0.897.